The van der Waals surface area contributed by atoms with Crippen LogP contribution in [0.25, 0.3) is 11.1 Å². The van der Waals surface area contributed by atoms with Gasteiger partial charge in [0.25, 0.3) is 0 Å². The first kappa shape index (κ1) is 20.0. The Hall–Kier alpha value is -2.70. The number of aliphatic hydroxyl groups is 1. The van der Waals surface area contributed by atoms with Crippen molar-refractivity contribution in [3.8, 4) is 11.1 Å². The molecule has 1 heterocycles. The van der Waals surface area contributed by atoms with Crippen molar-refractivity contribution in [2.24, 2.45) is 0 Å². The van der Waals surface area contributed by atoms with Gasteiger partial charge >= 0.3 is 0 Å². The lowest BCUT2D eigenvalue weighted by molar-refractivity contribution is -0.138. The summed E-state index contributed by atoms with van der Waals surface area (Å²) in [6.07, 6.45) is 0.116. The van der Waals surface area contributed by atoms with Crippen LogP contribution >= 0.6 is 0 Å². The molecule has 0 saturated carbocycles. The lowest BCUT2D eigenvalue weighted by Gasteiger charge is -2.35. The van der Waals surface area contributed by atoms with Crippen molar-refractivity contribution in [1.82, 2.24) is 15.1 Å². The van der Waals surface area contributed by atoms with Crippen molar-refractivity contribution < 1.29 is 14.7 Å². The highest BCUT2D eigenvalue weighted by molar-refractivity contribution is 5.88. The zero-order chi connectivity index (χ0) is 19.9. The van der Waals surface area contributed by atoms with Gasteiger partial charge in [-0.15, -0.1) is 0 Å². The predicted molar refractivity (Wildman–Crippen MR) is 108 cm³/mol. The minimum Gasteiger partial charge on any atom is -0.395 e. The molecule has 2 aromatic rings. The number of amides is 2. The molecule has 0 aromatic heterocycles. The molecule has 2 amide bonds. The third-order valence-electron chi connectivity index (χ3n) is 5.12. The molecule has 0 bridgehead atoms. The number of carbonyl (C=O) groups excluding carboxylic acids is 2. The molecule has 2 N–H and O–H groups in total. The van der Waals surface area contributed by atoms with Gasteiger partial charge in [-0.05, 0) is 16.7 Å². The van der Waals surface area contributed by atoms with E-state index in [4.69, 9.17) is 5.11 Å². The Balaban J connectivity index is 1.68. The van der Waals surface area contributed by atoms with Crippen LogP contribution < -0.4 is 5.32 Å². The average Bonchev–Trinajstić information content (AvgIpc) is 2.72. The summed E-state index contributed by atoms with van der Waals surface area (Å²) in [5, 5.41) is 11.9. The summed E-state index contributed by atoms with van der Waals surface area (Å²) in [4.78, 5) is 28.3. The molecule has 1 fully saturated rings. The van der Waals surface area contributed by atoms with Crippen LogP contribution in [0, 0.1) is 0 Å². The standard InChI is InChI=1S/C22H27N3O3/c1-24(13-14-26)21(27)15-20-22(28)23-11-12-25(20)16-17-7-9-19(10-8-17)18-5-3-2-4-6-18/h2-10,20,26H,11-16H2,1H3,(H,23,28). The van der Waals surface area contributed by atoms with Gasteiger partial charge in [-0.1, -0.05) is 54.6 Å². The zero-order valence-electron chi connectivity index (χ0n) is 16.2. The molecule has 0 radical (unpaired) electrons. The van der Waals surface area contributed by atoms with E-state index in [1.165, 1.54) is 10.5 Å². The number of nitrogens with zero attached hydrogens (tertiary/aromatic N) is 2. The second-order valence-electron chi connectivity index (χ2n) is 7.08. The second-order valence-corrected chi connectivity index (χ2v) is 7.08. The van der Waals surface area contributed by atoms with Crippen LogP contribution in [0.15, 0.2) is 54.6 Å². The number of hydrogen-bond donors (Lipinski definition) is 2. The Morgan fingerprint density at radius 2 is 1.82 bits per heavy atom. The lowest BCUT2D eigenvalue weighted by Crippen LogP contribution is -2.56. The summed E-state index contributed by atoms with van der Waals surface area (Å²) in [6, 6.07) is 18.0. The van der Waals surface area contributed by atoms with Gasteiger partial charge in [0.1, 0.15) is 0 Å². The van der Waals surface area contributed by atoms with Gasteiger partial charge in [-0.2, -0.15) is 0 Å². The summed E-state index contributed by atoms with van der Waals surface area (Å²) >= 11 is 0. The Morgan fingerprint density at radius 1 is 1.14 bits per heavy atom. The normalized spacial score (nSPS) is 17.2. The molecule has 2 aromatic carbocycles. The largest absolute Gasteiger partial charge is 0.395 e. The van der Waals surface area contributed by atoms with E-state index < -0.39 is 6.04 Å². The number of rotatable bonds is 7. The van der Waals surface area contributed by atoms with E-state index >= 15 is 0 Å². The molecule has 0 spiro atoms. The van der Waals surface area contributed by atoms with Crippen molar-refractivity contribution >= 4 is 11.8 Å². The third-order valence-corrected chi connectivity index (χ3v) is 5.12. The van der Waals surface area contributed by atoms with E-state index in [0.29, 0.717) is 19.6 Å². The molecule has 1 unspecified atom stereocenters. The van der Waals surface area contributed by atoms with Crippen molar-refractivity contribution in [2.45, 2.75) is 19.0 Å². The summed E-state index contributed by atoms with van der Waals surface area (Å²) in [5.41, 5.74) is 3.43. The van der Waals surface area contributed by atoms with Crippen molar-refractivity contribution in [3.63, 3.8) is 0 Å². The molecule has 1 saturated heterocycles. The third kappa shape index (κ3) is 4.97. The summed E-state index contributed by atoms with van der Waals surface area (Å²) in [7, 11) is 1.64. The second kappa shape index (κ2) is 9.48. The number of piperazine rings is 1. The van der Waals surface area contributed by atoms with Gasteiger partial charge in [-0.3, -0.25) is 14.5 Å². The van der Waals surface area contributed by atoms with E-state index in [-0.39, 0.29) is 31.4 Å². The fourth-order valence-corrected chi connectivity index (χ4v) is 3.44. The van der Waals surface area contributed by atoms with Crippen LogP contribution in [-0.4, -0.2) is 66.1 Å². The van der Waals surface area contributed by atoms with Crippen LogP contribution in [0.5, 0.6) is 0 Å². The number of carbonyl (C=O) groups is 2. The smallest absolute Gasteiger partial charge is 0.237 e. The van der Waals surface area contributed by atoms with Crippen LogP contribution in [-0.2, 0) is 16.1 Å². The SMILES string of the molecule is CN(CCO)C(=O)CC1C(=O)NCCN1Cc1ccc(-c2ccccc2)cc1. The fourth-order valence-electron chi connectivity index (χ4n) is 3.44. The first-order valence-corrected chi connectivity index (χ1v) is 9.59. The topological polar surface area (TPSA) is 72.9 Å². The highest BCUT2D eigenvalue weighted by Gasteiger charge is 2.32. The fraction of sp³-hybridized carbons (Fsp3) is 0.364. The highest BCUT2D eigenvalue weighted by Crippen LogP contribution is 2.21. The van der Waals surface area contributed by atoms with Crippen LogP contribution in [0.1, 0.15) is 12.0 Å². The quantitative estimate of drug-likeness (QED) is 0.762. The number of benzene rings is 2. The molecule has 148 valence electrons. The van der Waals surface area contributed by atoms with Crippen molar-refractivity contribution in [1.29, 1.82) is 0 Å². The van der Waals surface area contributed by atoms with Gasteiger partial charge in [0.15, 0.2) is 0 Å². The van der Waals surface area contributed by atoms with Gasteiger partial charge in [0, 0.05) is 33.2 Å². The minimum absolute atomic E-state index is 0.0867. The van der Waals surface area contributed by atoms with Crippen LogP contribution in [0.3, 0.4) is 0 Å². The highest BCUT2D eigenvalue weighted by atomic mass is 16.3. The van der Waals surface area contributed by atoms with E-state index in [9.17, 15) is 9.59 Å². The number of hydrogen-bond acceptors (Lipinski definition) is 4. The molecular weight excluding hydrogens is 354 g/mol. The lowest BCUT2D eigenvalue weighted by atomic mass is 10.0. The number of likely N-dealkylation sites (N-methyl/N-ethyl adjacent to an activating group) is 1. The summed E-state index contributed by atoms with van der Waals surface area (Å²) in [5.74, 6) is -0.251. The number of aliphatic hydroxyl groups excluding tert-OH is 1. The molecule has 6 nitrogen and oxygen atoms in total. The molecule has 6 heteroatoms. The maximum atomic E-state index is 12.4. The van der Waals surface area contributed by atoms with Gasteiger partial charge in [0.2, 0.25) is 11.8 Å². The molecule has 3 rings (SSSR count). The maximum absolute atomic E-state index is 12.4. The Morgan fingerprint density at radius 3 is 2.50 bits per heavy atom. The minimum atomic E-state index is -0.490. The molecule has 1 aliphatic rings. The number of nitrogens with one attached hydrogen (secondary N) is 1. The van der Waals surface area contributed by atoms with E-state index in [0.717, 1.165) is 11.1 Å². The molecule has 1 aliphatic heterocycles. The maximum Gasteiger partial charge on any atom is 0.237 e. The first-order valence-electron chi connectivity index (χ1n) is 9.59. The molecular formula is C22H27N3O3. The van der Waals surface area contributed by atoms with Crippen molar-refractivity contribution in [3.05, 3.63) is 60.2 Å². The van der Waals surface area contributed by atoms with Gasteiger partial charge < -0.3 is 15.3 Å². The van der Waals surface area contributed by atoms with Crippen molar-refractivity contribution in [2.75, 3.05) is 33.3 Å². The van der Waals surface area contributed by atoms with Gasteiger partial charge in [-0.25, -0.2) is 0 Å². The Kier molecular flexibility index (Phi) is 6.79. The van der Waals surface area contributed by atoms with E-state index in [1.807, 2.05) is 18.2 Å². The van der Waals surface area contributed by atoms with Gasteiger partial charge in [0.05, 0.1) is 19.1 Å². The predicted octanol–water partition coefficient (Wildman–Crippen LogP) is 1.49. The summed E-state index contributed by atoms with van der Waals surface area (Å²) in [6.45, 7) is 2.08. The first-order chi connectivity index (χ1) is 13.6. The van der Waals surface area contributed by atoms with E-state index in [1.54, 1.807) is 7.05 Å². The summed E-state index contributed by atoms with van der Waals surface area (Å²) < 4.78 is 0. The molecule has 28 heavy (non-hydrogen) atoms. The zero-order valence-corrected chi connectivity index (χ0v) is 16.2. The van der Waals surface area contributed by atoms with Crippen LogP contribution in [0.4, 0.5) is 0 Å². The van der Waals surface area contributed by atoms with Crippen LogP contribution in [0.2, 0.25) is 0 Å². The average molecular weight is 381 g/mol. The molecule has 0 aliphatic carbocycles. The van der Waals surface area contributed by atoms with E-state index in [2.05, 4.69) is 46.6 Å². The molecule has 1 atom stereocenters. The Labute approximate surface area is 165 Å². The Bertz CT molecular complexity index is 792. The monoisotopic (exact) mass is 381 g/mol.